The minimum atomic E-state index is -0.564. The van der Waals surface area contributed by atoms with Crippen molar-refractivity contribution in [3.8, 4) is 0 Å². The number of hydrogen-bond donors (Lipinski definition) is 2. The summed E-state index contributed by atoms with van der Waals surface area (Å²) in [7, 11) is 1.68. The quantitative estimate of drug-likeness (QED) is 0.635. The van der Waals surface area contributed by atoms with Crippen molar-refractivity contribution in [2.45, 2.75) is 12.8 Å². The van der Waals surface area contributed by atoms with Crippen LogP contribution in [0.3, 0.4) is 0 Å². The van der Waals surface area contributed by atoms with Crippen molar-refractivity contribution in [2.24, 2.45) is 4.99 Å². The number of hydrogen-bond acceptors (Lipinski definition) is 2. The fraction of sp³-hybridized carbons (Fsp3) is 0.294. The highest BCUT2D eigenvalue weighted by molar-refractivity contribution is 5.79. The Morgan fingerprint density at radius 2 is 1.87 bits per heavy atom. The highest BCUT2D eigenvalue weighted by atomic mass is 19.1. The summed E-state index contributed by atoms with van der Waals surface area (Å²) in [5.74, 6) is -0.445. The van der Waals surface area contributed by atoms with E-state index in [1.807, 2.05) is 18.2 Å². The summed E-state index contributed by atoms with van der Waals surface area (Å²) in [6, 6.07) is 9.42. The van der Waals surface area contributed by atoms with E-state index in [4.69, 9.17) is 0 Å². The molecule has 2 rings (SSSR count). The molecule has 0 atom stereocenters. The Balaban J connectivity index is 1.72. The zero-order chi connectivity index (χ0) is 16.5. The average Bonchev–Trinajstić information content (AvgIpc) is 2.56. The SMILES string of the molecule is CN=C(NCCc1ccccn1)NCCc1ccc(F)cc1F. The van der Waals surface area contributed by atoms with Crippen molar-refractivity contribution in [1.29, 1.82) is 0 Å². The van der Waals surface area contributed by atoms with E-state index in [1.165, 1.54) is 12.1 Å². The number of aromatic nitrogens is 1. The van der Waals surface area contributed by atoms with Crippen molar-refractivity contribution >= 4 is 5.96 Å². The van der Waals surface area contributed by atoms with Gasteiger partial charge in [0.15, 0.2) is 5.96 Å². The third-order valence-electron chi connectivity index (χ3n) is 3.33. The van der Waals surface area contributed by atoms with E-state index in [9.17, 15) is 8.78 Å². The average molecular weight is 318 g/mol. The van der Waals surface area contributed by atoms with Crippen LogP contribution in [0.2, 0.25) is 0 Å². The predicted octanol–water partition coefficient (Wildman–Crippen LogP) is 2.31. The molecule has 0 aliphatic heterocycles. The Hall–Kier alpha value is -2.50. The van der Waals surface area contributed by atoms with Crippen molar-refractivity contribution in [1.82, 2.24) is 15.6 Å². The smallest absolute Gasteiger partial charge is 0.190 e. The van der Waals surface area contributed by atoms with Crippen molar-refractivity contribution in [2.75, 3.05) is 20.1 Å². The highest BCUT2D eigenvalue weighted by Crippen LogP contribution is 2.09. The van der Waals surface area contributed by atoms with Crippen LogP contribution >= 0.6 is 0 Å². The monoisotopic (exact) mass is 318 g/mol. The van der Waals surface area contributed by atoms with Gasteiger partial charge in [-0.25, -0.2) is 8.78 Å². The lowest BCUT2D eigenvalue weighted by Gasteiger charge is -2.12. The van der Waals surface area contributed by atoms with Gasteiger partial charge in [-0.2, -0.15) is 0 Å². The first kappa shape index (κ1) is 16.9. The number of aliphatic imine (C=N–C) groups is 1. The molecule has 4 nitrogen and oxygen atoms in total. The van der Waals surface area contributed by atoms with Gasteiger partial charge in [-0.15, -0.1) is 0 Å². The highest BCUT2D eigenvalue weighted by Gasteiger charge is 2.04. The molecule has 0 fully saturated rings. The van der Waals surface area contributed by atoms with E-state index in [-0.39, 0.29) is 0 Å². The maximum absolute atomic E-state index is 13.5. The zero-order valence-corrected chi connectivity index (χ0v) is 13.0. The number of nitrogens with one attached hydrogen (secondary N) is 2. The maximum Gasteiger partial charge on any atom is 0.190 e. The topological polar surface area (TPSA) is 49.3 Å². The van der Waals surface area contributed by atoms with Crippen LogP contribution in [0.4, 0.5) is 8.78 Å². The number of nitrogens with zero attached hydrogens (tertiary/aromatic N) is 2. The van der Waals surface area contributed by atoms with E-state index in [0.717, 1.165) is 18.2 Å². The standard InChI is InChI=1S/C17H20F2N4/c1-20-17(23-11-8-15-4-2-3-9-21-15)22-10-7-13-5-6-14(18)12-16(13)19/h2-6,9,12H,7-8,10-11H2,1H3,(H2,20,22,23). The molecule has 122 valence electrons. The van der Waals surface area contributed by atoms with E-state index in [1.54, 1.807) is 13.2 Å². The molecule has 0 radical (unpaired) electrons. The Kier molecular flexibility index (Phi) is 6.47. The lowest BCUT2D eigenvalue weighted by molar-refractivity contribution is 0.570. The lowest BCUT2D eigenvalue weighted by Crippen LogP contribution is -2.39. The molecule has 2 N–H and O–H groups in total. The minimum absolute atomic E-state index is 0.451. The molecule has 23 heavy (non-hydrogen) atoms. The molecule has 2 aromatic rings. The minimum Gasteiger partial charge on any atom is -0.356 e. The molecule has 1 heterocycles. The lowest BCUT2D eigenvalue weighted by atomic mass is 10.1. The summed E-state index contributed by atoms with van der Waals surface area (Å²) in [5.41, 5.74) is 1.48. The fourth-order valence-electron chi connectivity index (χ4n) is 2.12. The van der Waals surface area contributed by atoms with Gasteiger partial charge in [0.05, 0.1) is 0 Å². The molecule has 0 saturated carbocycles. The largest absolute Gasteiger partial charge is 0.356 e. The van der Waals surface area contributed by atoms with Crippen LogP contribution in [0.15, 0.2) is 47.6 Å². The summed E-state index contributed by atoms with van der Waals surface area (Å²) in [6.45, 7) is 1.20. The van der Waals surface area contributed by atoms with Gasteiger partial charge in [0, 0.05) is 44.5 Å². The molecule has 1 aromatic carbocycles. The number of guanidine groups is 1. The van der Waals surface area contributed by atoms with E-state index in [2.05, 4.69) is 20.6 Å². The number of rotatable bonds is 6. The normalized spacial score (nSPS) is 11.3. The molecule has 6 heteroatoms. The summed E-state index contributed by atoms with van der Waals surface area (Å²) in [5, 5.41) is 6.28. The van der Waals surface area contributed by atoms with Crippen LogP contribution in [0.25, 0.3) is 0 Å². The second kappa shape index (κ2) is 8.82. The van der Waals surface area contributed by atoms with Crippen LogP contribution in [0, 0.1) is 11.6 Å². The van der Waals surface area contributed by atoms with E-state index < -0.39 is 11.6 Å². The van der Waals surface area contributed by atoms with Gasteiger partial charge in [0.25, 0.3) is 0 Å². The van der Waals surface area contributed by atoms with Crippen LogP contribution in [-0.4, -0.2) is 31.1 Å². The van der Waals surface area contributed by atoms with Crippen molar-refractivity contribution in [3.63, 3.8) is 0 Å². The Bertz CT molecular complexity index is 644. The van der Waals surface area contributed by atoms with Crippen LogP contribution in [-0.2, 0) is 12.8 Å². The van der Waals surface area contributed by atoms with Gasteiger partial charge in [-0.1, -0.05) is 12.1 Å². The molecule has 0 amide bonds. The van der Waals surface area contributed by atoms with Crippen LogP contribution < -0.4 is 10.6 Å². The second-order valence-corrected chi connectivity index (χ2v) is 4.98. The van der Waals surface area contributed by atoms with Crippen LogP contribution in [0.5, 0.6) is 0 Å². The summed E-state index contributed by atoms with van der Waals surface area (Å²) >= 11 is 0. The van der Waals surface area contributed by atoms with Gasteiger partial charge in [-0.3, -0.25) is 9.98 Å². The molecule has 0 bridgehead atoms. The fourth-order valence-corrected chi connectivity index (χ4v) is 2.12. The number of benzene rings is 1. The van der Waals surface area contributed by atoms with Gasteiger partial charge in [0.2, 0.25) is 0 Å². The Morgan fingerprint density at radius 3 is 2.52 bits per heavy atom. The molecular weight excluding hydrogens is 298 g/mol. The van der Waals surface area contributed by atoms with Crippen LogP contribution in [0.1, 0.15) is 11.3 Å². The molecule has 0 unspecified atom stereocenters. The molecule has 0 spiro atoms. The molecule has 1 aromatic heterocycles. The van der Waals surface area contributed by atoms with Gasteiger partial charge in [-0.05, 0) is 30.2 Å². The second-order valence-electron chi connectivity index (χ2n) is 4.98. The third-order valence-corrected chi connectivity index (χ3v) is 3.33. The summed E-state index contributed by atoms with van der Waals surface area (Å²) in [6.07, 6.45) is 3.00. The third kappa shape index (κ3) is 5.65. The van der Waals surface area contributed by atoms with Gasteiger partial charge < -0.3 is 10.6 Å². The van der Waals surface area contributed by atoms with Crippen molar-refractivity contribution in [3.05, 3.63) is 65.5 Å². The van der Waals surface area contributed by atoms with E-state index in [0.29, 0.717) is 31.0 Å². The Labute approximate surface area is 134 Å². The maximum atomic E-state index is 13.5. The van der Waals surface area contributed by atoms with Crippen molar-refractivity contribution < 1.29 is 8.78 Å². The predicted molar refractivity (Wildman–Crippen MR) is 87.4 cm³/mol. The summed E-state index contributed by atoms with van der Waals surface area (Å²) < 4.78 is 26.4. The summed E-state index contributed by atoms with van der Waals surface area (Å²) in [4.78, 5) is 8.35. The first-order valence-electron chi connectivity index (χ1n) is 7.47. The first-order valence-corrected chi connectivity index (χ1v) is 7.47. The van der Waals surface area contributed by atoms with E-state index >= 15 is 0 Å². The first-order chi connectivity index (χ1) is 11.2. The molecule has 0 aliphatic rings. The van der Waals surface area contributed by atoms with Gasteiger partial charge >= 0.3 is 0 Å². The zero-order valence-electron chi connectivity index (χ0n) is 13.0. The molecular formula is C17H20F2N4. The number of pyridine rings is 1. The molecule has 0 saturated heterocycles. The Morgan fingerprint density at radius 1 is 1.09 bits per heavy atom. The van der Waals surface area contributed by atoms with Gasteiger partial charge in [0.1, 0.15) is 11.6 Å². The number of halogens is 2. The molecule has 0 aliphatic carbocycles.